The zero-order chi connectivity index (χ0) is 14.7. The van der Waals surface area contributed by atoms with E-state index in [1.54, 1.807) is 0 Å². The van der Waals surface area contributed by atoms with Crippen LogP contribution >= 0.6 is 0 Å². The van der Waals surface area contributed by atoms with Crippen LogP contribution in [0.1, 0.15) is 49.4 Å². The van der Waals surface area contributed by atoms with E-state index in [-0.39, 0.29) is 10.8 Å². The second-order valence-electron chi connectivity index (χ2n) is 6.84. The van der Waals surface area contributed by atoms with Crippen LogP contribution in [0.5, 0.6) is 0 Å². The second kappa shape index (κ2) is 4.20. The van der Waals surface area contributed by atoms with E-state index in [4.69, 9.17) is 4.74 Å². The van der Waals surface area contributed by atoms with Crippen LogP contribution in [0, 0.1) is 0 Å². The van der Waals surface area contributed by atoms with Crippen LogP contribution in [0.25, 0.3) is 0 Å². The Labute approximate surface area is 127 Å². The van der Waals surface area contributed by atoms with Gasteiger partial charge in [-0.1, -0.05) is 62.4 Å². The van der Waals surface area contributed by atoms with E-state index >= 15 is 0 Å². The molecule has 108 valence electrons. The SMILES string of the molecule is CCOC1CC12c1ccccc1C(C)(C)c1ccccc12. The van der Waals surface area contributed by atoms with E-state index in [2.05, 4.69) is 69.3 Å². The van der Waals surface area contributed by atoms with Gasteiger partial charge in [0.05, 0.1) is 6.10 Å². The number of hydrogen-bond acceptors (Lipinski definition) is 1. The summed E-state index contributed by atoms with van der Waals surface area (Å²) < 4.78 is 6.03. The monoisotopic (exact) mass is 278 g/mol. The van der Waals surface area contributed by atoms with Crippen molar-refractivity contribution in [1.29, 1.82) is 0 Å². The molecule has 1 fully saturated rings. The third-order valence-electron chi connectivity index (χ3n) is 5.43. The minimum Gasteiger partial charge on any atom is -0.377 e. The molecular formula is C20H22O. The Balaban J connectivity index is 1.99. The van der Waals surface area contributed by atoms with Gasteiger partial charge in [0.1, 0.15) is 0 Å². The minimum atomic E-state index is 0.0673. The van der Waals surface area contributed by atoms with Crippen molar-refractivity contribution in [2.75, 3.05) is 6.61 Å². The van der Waals surface area contributed by atoms with Crippen molar-refractivity contribution in [1.82, 2.24) is 0 Å². The zero-order valence-electron chi connectivity index (χ0n) is 13.0. The Kier molecular flexibility index (Phi) is 2.62. The van der Waals surface area contributed by atoms with Gasteiger partial charge in [-0.15, -0.1) is 0 Å². The topological polar surface area (TPSA) is 9.23 Å². The molecule has 1 unspecified atom stereocenters. The Morgan fingerprint density at radius 1 is 0.905 bits per heavy atom. The standard InChI is InChI=1S/C20H22O/c1-4-21-18-13-20(18)16-11-7-5-9-14(16)19(2,3)15-10-6-8-12-17(15)20/h5-12,18H,4,13H2,1-3H3. The molecule has 2 aromatic carbocycles. The molecule has 1 nitrogen and oxygen atoms in total. The van der Waals surface area contributed by atoms with Gasteiger partial charge in [-0.2, -0.15) is 0 Å². The second-order valence-corrected chi connectivity index (χ2v) is 6.84. The highest BCUT2D eigenvalue weighted by molar-refractivity contribution is 5.63. The van der Waals surface area contributed by atoms with Gasteiger partial charge in [-0.3, -0.25) is 0 Å². The summed E-state index contributed by atoms with van der Waals surface area (Å²) in [6.45, 7) is 7.57. The lowest BCUT2D eigenvalue weighted by molar-refractivity contribution is 0.119. The number of rotatable bonds is 2. The fraction of sp³-hybridized carbons (Fsp3) is 0.400. The molecule has 2 aromatic rings. The van der Waals surface area contributed by atoms with Crippen LogP contribution in [0.2, 0.25) is 0 Å². The summed E-state index contributed by atoms with van der Waals surface area (Å²) in [5.41, 5.74) is 6.05. The summed E-state index contributed by atoms with van der Waals surface area (Å²) in [5, 5.41) is 0. The van der Waals surface area contributed by atoms with Gasteiger partial charge in [0.15, 0.2) is 0 Å². The zero-order valence-corrected chi connectivity index (χ0v) is 13.0. The maximum absolute atomic E-state index is 6.03. The number of fused-ring (bicyclic) bond motifs is 4. The van der Waals surface area contributed by atoms with Crippen molar-refractivity contribution < 1.29 is 4.74 Å². The van der Waals surface area contributed by atoms with Crippen molar-refractivity contribution in [2.45, 2.75) is 44.1 Å². The van der Waals surface area contributed by atoms with E-state index in [1.165, 1.54) is 22.3 Å². The molecule has 1 heteroatoms. The molecule has 0 aromatic heterocycles. The molecule has 0 amide bonds. The van der Waals surface area contributed by atoms with E-state index in [0.29, 0.717) is 6.10 Å². The summed E-state index contributed by atoms with van der Waals surface area (Å²) >= 11 is 0. The largest absolute Gasteiger partial charge is 0.377 e. The fourth-order valence-corrected chi connectivity index (χ4v) is 4.33. The molecule has 0 aliphatic heterocycles. The van der Waals surface area contributed by atoms with Gasteiger partial charge in [0.25, 0.3) is 0 Å². The highest BCUT2D eigenvalue weighted by Gasteiger charge is 2.62. The maximum atomic E-state index is 6.03. The molecule has 0 heterocycles. The lowest BCUT2D eigenvalue weighted by atomic mass is 9.63. The molecule has 21 heavy (non-hydrogen) atoms. The molecule has 0 bridgehead atoms. The van der Waals surface area contributed by atoms with E-state index in [9.17, 15) is 0 Å². The molecule has 2 aliphatic rings. The van der Waals surface area contributed by atoms with Crippen LogP contribution < -0.4 is 0 Å². The number of hydrogen-bond donors (Lipinski definition) is 0. The number of ether oxygens (including phenoxy) is 1. The molecule has 0 saturated heterocycles. The summed E-state index contributed by atoms with van der Waals surface area (Å²) in [6, 6.07) is 17.9. The smallest absolute Gasteiger partial charge is 0.0726 e. The normalized spacial score (nSPS) is 23.5. The quantitative estimate of drug-likeness (QED) is 0.790. The van der Waals surface area contributed by atoms with Crippen molar-refractivity contribution in [2.24, 2.45) is 0 Å². The van der Waals surface area contributed by atoms with Gasteiger partial charge >= 0.3 is 0 Å². The van der Waals surface area contributed by atoms with Crippen LogP contribution in [-0.4, -0.2) is 12.7 Å². The fourth-order valence-electron chi connectivity index (χ4n) is 4.33. The Morgan fingerprint density at radius 3 is 1.86 bits per heavy atom. The number of benzene rings is 2. The first kappa shape index (κ1) is 13.1. The summed E-state index contributed by atoms with van der Waals surface area (Å²) in [5.74, 6) is 0. The molecule has 2 aliphatic carbocycles. The minimum absolute atomic E-state index is 0.0673. The first-order valence-electron chi connectivity index (χ1n) is 7.94. The third-order valence-corrected chi connectivity index (χ3v) is 5.43. The molecular weight excluding hydrogens is 256 g/mol. The van der Waals surface area contributed by atoms with Gasteiger partial charge in [-0.25, -0.2) is 0 Å². The van der Waals surface area contributed by atoms with Crippen LogP contribution in [0.4, 0.5) is 0 Å². The average Bonchev–Trinajstić information content (AvgIpc) is 3.21. The van der Waals surface area contributed by atoms with Gasteiger partial charge in [0.2, 0.25) is 0 Å². The molecule has 4 rings (SSSR count). The Morgan fingerprint density at radius 2 is 1.38 bits per heavy atom. The first-order valence-corrected chi connectivity index (χ1v) is 7.94. The lowest BCUT2D eigenvalue weighted by Crippen LogP contribution is -2.34. The Bertz CT molecular complexity index is 649. The predicted octanol–water partition coefficient (Wildman–Crippen LogP) is 4.42. The van der Waals surface area contributed by atoms with Crippen molar-refractivity contribution in [3.05, 3.63) is 70.8 Å². The molecule has 0 N–H and O–H groups in total. The van der Waals surface area contributed by atoms with E-state index in [0.717, 1.165) is 13.0 Å². The third kappa shape index (κ3) is 1.56. The van der Waals surface area contributed by atoms with Gasteiger partial charge < -0.3 is 4.74 Å². The van der Waals surface area contributed by atoms with E-state index < -0.39 is 0 Å². The summed E-state index contributed by atoms with van der Waals surface area (Å²) in [6.07, 6.45) is 1.45. The molecule has 0 radical (unpaired) electrons. The lowest BCUT2D eigenvalue weighted by Gasteiger charge is -2.40. The van der Waals surface area contributed by atoms with Crippen molar-refractivity contribution >= 4 is 0 Å². The van der Waals surface area contributed by atoms with Gasteiger partial charge in [0, 0.05) is 17.4 Å². The van der Waals surface area contributed by atoms with Crippen LogP contribution in [0.15, 0.2) is 48.5 Å². The van der Waals surface area contributed by atoms with Crippen molar-refractivity contribution in [3.63, 3.8) is 0 Å². The van der Waals surface area contributed by atoms with Crippen LogP contribution in [0.3, 0.4) is 0 Å². The maximum Gasteiger partial charge on any atom is 0.0726 e. The predicted molar refractivity (Wildman–Crippen MR) is 85.8 cm³/mol. The van der Waals surface area contributed by atoms with Gasteiger partial charge in [-0.05, 0) is 35.6 Å². The Hall–Kier alpha value is -1.60. The van der Waals surface area contributed by atoms with E-state index in [1.807, 2.05) is 0 Å². The highest BCUT2D eigenvalue weighted by Crippen LogP contribution is 2.62. The highest BCUT2D eigenvalue weighted by atomic mass is 16.5. The summed E-state index contributed by atoms with van der Waals surface area (Å²) in [4.78, 5) is 0. The molecule has 1 spiro atoms. The van der Waals surface area contributed by atoms with Crippen LogP contribution in [-0.2, 0) is 15.6 Å². The van der Waals surface area contributed by atoms with Crippen molar-refractivity contribution in [3.8, 4) is 0 Å². The first-order chi connectivity index (χ1) is 10.1. The molecule has 1 atom stereocenters. The average molecular weight is 278 g/mol. The molecule has 1 saturated carbocycles. The summed E-state index contributed by atoms with van der Waals surface area (Å²) in [7, 11) is 0.